The molecule has 0 aliphatic carbocycles. The summed E-state index contributed by atoms with van der Waals surface area (Å²) in [6.45, 7) is 0. The van der Waals surface area contributed by atoms with Crippen LogP contribution in [0.1, 0.15) is 0 Å². The van der Waals surface area contributed by atoms with Gasteiger partial charge in [0, 0.05) is 0 Å². The predicted octanol–water partition coefficient (Wildman–Crippen LogP) is 0.373. The van der Waals surface area contributed by atoms with E-state index in [2.05, 4.69) is 21.1 Å². The third kappa shape index (κ3) is 678. The molecule has 0 radical (unpaired) electrons. The van der Waals surface area contributed by atoms with Crippen LogP contribution >= 0.6 is 0 Å². The van der Waals surface area contributed by atoms with Crippen LogP contribution in [-0.2, 0) is 21.1 Å². The van der Waals surface area contributed by atoms with Crippen LogP contribution in [-0.4, -0.2) is 9.29 Å². The maximum atomic E-state index is 8.92. The summed E-state index contributed by atoms with van der Waals surface area (Å²) in [5.74, 6) is 0. The molecule has 0 unspecified atom stereocenters. The Bertz CT molecular complexity index is 32.6. The molecule has 0 heterocycles. The summed E-state index contributed by atoms with van der Waals surface area (Å²) < 4.78 is -1.02. The van der Waals surface area contributed by atoms with E-state index in [0.29, 0.717) is 0 Å². The van der Waals surface area contributed by atoms with Gasteiger partial charge in [0.1, 0.15) is 0 Å². The molecule has 0 spiro atoms. The van der Waals surface area contributed by atoms with Gasteiger partial charge in [-0.1, -0.05) is 0 Å². The van der Waals surface area contributed by atoms with Crippen molar-refractivity contribution < 1.29 is 31.0 Å². The Hall–Kier alpha value is 0.170. The zero-order valence-corrected chi connectivity index (χ0v) is 3.85. The molecule has 0 fully saturated rings. The summed E-state index contributed by atoms with van der Waals surface area (Å²) in [6, 6.07) is 0. The molecule has 4 N–H and O–H groups in total. The number of hydrogen-bond acceptors (Lipinski definition) is 2. The van der Waals surface area contributed by atoms with Gasteiger partial charge in [-0.25, -0.2) is 0 Å². The second-order valence-corrected chi connectivity index (χ2v) is 0.854. The average Bonchev–Trinajstić information content (AvgIpc) is 0.811. The molecular weight excluding hydrogens is 166 g/mol. The van der Waals surface area contributed by atoms with Crippen molar-refractivity contribution in [3.8, 4) is 0 Å². The third-order valence-electron chi connectivity index (χ3n) is 0. The van der Waals surface area contributed by atoms with E-state index < -0.39 is 4.19 Å². The Morgan fingerprint density at radius 2 is 1.80 bits per heavy atom. The zero-order valence-electron chi connectivity index (χ0n) is 2.36. The molecule has 0 saturated carbocycles. The number of rotatable bonds is 0. The first-order valence-corrected chi connectivity index (χ1v) is 1.32. The van der Waals surface area contributed by atoms with Crippen molar-refractivity contribution in [2.24, 2.45) is 0 Å². The van der Waals surface area contributed by atoms with E-state index in [1.54, 1.807) is 0 Å². The van der Waals surface area contributed by atoms with Crippen molar-refractivity contribution in [3.63, 3.8) is 0 Å². The Kier molecular flexibility index (Phi) is 7.46. The summed E-state index contributed by atoms with van der Waals surface area (Å²) in [4.78, 5) is 8.92. The first-order valence-electron chi connectivity index (χ1n) is 0.578. The summed E-state index contributed by atoms with van der Waals surface area (Å²) in [6.07, 6.45) is 0. The van der Waals surface area contributed by atoms with Crippen LogP contribution in [0.5, 0.6) is 0 Å². The zero-order chi connectivity index (χ0) is 3.58. The summed E-state index contributed by atoms with van der Waals surface area (Å²) in [7, 11) is 0. The van der Waals surface area contributed by atoms with Gasteiger partial charge in [-0.2, -0.15) is 0 Å². The van der Waals surface area contributed by atoms with Gasteiger partial charge >= 0.3 is 35.2 Å². The minimum atomic E-state index is -1.02. The average molecular weight is 170 g/mol. The predicted molar refractivity (Wildman–Crippen MR) is 13.0 cm³/mol. The van der Waals surface area contributed by atoms with Gasteiger partial charge in [0.15, 0.2) is 0 Å². The van der Waals surface area contributed by atoms with Crippen LogP contribution in [0.4, 0.5) is 4.79 Å². The van der Waals surface area contributed by atoms with E-state index in [1.165, 1.54) is 0 Å². The maximum absolute atomic E-state index is 8.92. The van der Waals surface area contributed by atoms with Gasteiger partial charge in [0.05, 0.1) is 0 Å². The van der Waals surface area contributed by atoms with Crippen molar-refractivity contribution in [3.05, 3.63) is 0 Å². The van der Waals surface area contributed by atoms with Crippen LogP contribution in [0.3, 0.4) is 0 Å². The van der Waals surface area contributed by atoms with Gasteiger partial charge in [0.25, 0.3) is 0 Å². The minimum absolute atomic E-state index is 0. The molecule has 0 rings (SSSR count). The summed E-state index contributed by atoms with van der Waals surface area (Å²) in [5, 5.41) is 7.33. The molecular formula is CH4AgNO2. The second-order valence-electron chi connectivity index (χ2n) is 0.220. The normalized spacial score (nSPS) is 5.20. The quantitative estimate of drug-likeness (QED) is 0.515. The van der Waals surface area contributed by atoms with Crippen molar-refractivity contribution in [2.45, 2.75) is 0 Å². The summed E-state index contributed by atoms with van der Waals surface area (Å²) in [5.41, 5.74) is 0. The van der Waals surface area contributed by atoms with Gasteiger partial charge in [0.2, 0.25) is 0 Å². The van der Waals surface area contributed by atoms with E-state index in [9.17, 15) is 0 Å². The fourth-order valence-electron chi connectivity index (χ4n) is 0. The van der Waals surface area contributed by atoms with E-state index in [0.717, 1.165) is 0 Å². The topological polar surface area (TPSA) is 72.3 Å². The first-order chi connectivity index (χ1) is 1.73. The second kappa shape index (κ2) is 4.17. The van der Waals surface area contributed by atoms with Crippen LogP contribution in [0.25, 0.3) is 0 Å². The number of carboxylic acid groups (broad SMARTS) is 1. The fraction of sp³-hybridized carbons (Fsp3) is 0. The molecule has 0 atom stereocenters. The SMILES string of the molecule is N.O=[C](O)[Ag]. The van der Waals surface area contributed by atoms with Gasteiger partial charge < -0.3 is 6.15 Å². The van der Waals surface area contributed by atoms with E-state index in [-0.39, 0.29) is 6.15 Å². The van der Waals surface area contributed by atoms with E-state index in [1.807, 2.05) is 0 Å². The number of hydrogen-bond donors (Lipinski definition) is 2. The monoisotopic (exact) mass is 169 g/mol. The molecule has 0 aromatic heterocycles. The van der Waals surface area contributed by atoms with E-state index >= 15 is 0 Å². The van der Waals surface area contributed by atoms with Crippen LogP contribution in [0.2, 0.25) is 0 Å². The van der Waals surface area contributed by atoms with Gasteiger partial charge in [-0.15, -0.1) is 0 Å². The first kappa shape index (κ1) is 8.95. The van der Waals surface area contributed by atoms with Crippen molar-refractivity contribution in [1.82, 2.24) is 6.15 Å². The molecule has 0 aliphatic heterocycles. The molecule has 0 aromatic carbocycles. The Morgan fingerprint density at radius 3 is 1.80 bits per heavy atom. The molecule has 5 heavy (non-hydrogen) atoms. The standard InChI is InChI=1S/CHO2.Ag.H3N/c2-1-3;;/h(H,2,3);;1H3. The molecule has 0 saturated heterocycles. The van der Waals surface area contributed by atoms with Gasteiger partial charge in [-0.3, -0.25) is 0 Å². The molecule has 0 aliphatic rings. The van der Waals surface area contributed by atoms with Crippen molar-refractivity contribution in [2.75, 3.05) is 0 Å². The van der Waals surface area contributed by atoms with Crippen LogP contribution in [0.15, 0.2) is 0 Å². The fourth-order valence-corrected chi connectivity index (χ4v) is 0. The Labute approximate surface area is 41.9 Å². The molecule has 0 bridgehead atoms. The molecule has 0 amide bonds. The van der Waals surface area contributed by atoms with E-state index in [4.69, 9.17) is 9.90 Å². The molecule has 4 heteroatoms. The third-order valence-corrected chi connectivity index (χ3v) is 0. The summed E-state index contributed by atoms with van der Waals surface area (Å²) >= 11 is 2.20. The molecule has 36 valence electrons. The van der Waals surface area contributed by atoms with Crippen LogP contribution in [0, 0.1) is 0 Å². The van der Waals surface area contributed by atoms with Gasteiger partial charge in [-0.05, 0) is 0 Å². The molecule has 3 nitrogen and oxygen atoms in total. The number of carbonyl (C=O) groups is 1. The van der Waals surface area contributed by atoms with Crippen molar-refractivity contribution >= 4 is 4.19 Å². The Balaban J connectivity index is 0. The van der Waals surface area contributed by atoms with Crippen molar-refractivity contribution in [1.29, 1.82) is 0 Å². The Morgan fingerprint density at radius 1 is 1.80 bits per heavy atom. The molecule has 0 aromatic rings. The van der Waals surface area contributed by atoms with Crippen LogP contribution < -0.4 is 6.15 Å².